The quantitative estimate of drug-likeness (QED) is 0.362. The Balaban J connectivity index is 0. The van der Waals surface area contributed by atoms with E-state index < -0.39 is 0 Å². The van der Waals surface area contributed by atoms with Gasteiger partial charge in [-0.15, -0.1) is 25.3 Å². The van der Waals surface area contributed by atoms with Crippen LogP contribution in [0.5, 0.6) is 0 Å². The predicted octanol–water partition coefficient (Wildman–Crippen LogP) is 2.40. The molecule has 1 saturated heterocycles. The minimum Gasteiger partial charge on any atom is -0.399 e. The van der Waals surface area contributed by atoms with E-state index in [1.54, 1.807) is 13.8 Å². The van der Waals surface area contributed by atoms with Gasteiger partial charge in [-0.3, -0.25) is 24.5 Å². The highest BCUT2D eigenvalue weighted by molar-refractivity contribution is 7.96. The van der Waals surface area contributed by atoms with E-state index in [0.717, 1.165) is 5.69 Å². The number of hydrogen-bond donors (Lipinski definition) is 4. The molecule has 0 aliphatic carbocycles. The molecule has 3 N–H and O–H groups in total. The van der Waals surface area contributed by atoms with Crippen LogP contribution in [0.3, 0.4) is 0 Å². The molecule has 2 amide bonds. The number of nitrogen functional groups attached to an aromatic ring is 1. The summed E-state index contributed by atoms with van der Waals surface area (Å²) >= 11 is 6.92. The van der Waals surface area contributed by atoms with E-state index in [2.05, 4.69) is 30.6 Å². The molecule has 0 radical (unpaired) electrons. The highest BCUT2D eigenvalue weighted by Crippen LogP contribution is 1.96. The summed E-state index contributed by atoms with van der Waals surface area (Å²) in [5.74, 6) is -0.296. The molecule has 134 valence electrons. The van der Waals surface area contributed by atoms with Crippen molar-refractivity contribution in [3.8, 4) is 0 Å². The first-order valence-corrected chi connectivity index (χ1v) is 8.19. The molecule has 1 aliphatic heterocycles. The third-order valence-electron chi connectivity index (χ3n) is 2.26. The second-order valence-corrected chi connectivity index (χ2v) is 5.37. The van der Waals surface area contributed by atoms with Crippen LogP contribution in [0.25, 0.3) is 0 Å². The molecule has 0 unspecified atom stereocenters. The van der Waals surface area contributed by atoms with Crippen molar-refractivity contribution in [3.05, 3.63) is 30.3 Å². The lowest BCUT2D eigenvalue weighted by molar-refractivity contribution is -0.124. The molecular weight excluding hydrogens is 348 g/mol. The largest absolute Gasteiger partial charge is 0.399 e. The van der Waals surface area contributed by atoms with Crippen molar-refractivity contribution < 1.29 is 19.2 Å². The number of rotatable bonds is 2. The molecule has 8 heteroatoms. The molecule has 24 heavy (non-hydrogen) atoms. The van der Waals surface area contributed by atoms with Crippen molar-refractivity contribution >= 4 is 53.0 Å². The fraction of sp³-hybridized carbons (Fsp3) is 0.375. The van der Waals surface area contributed by atoms with Crippen LogP contribution in [0.1, 0.15) is 39.5 Å². The summed E-state index contributed by atoms with van der Waals surface area (Å²) in [7, 11) is 0. The third-order valence-corrected chi connectivity index (χ3v) is 2.89. The number of nitrogens with two attached hydrogens (primary N) is 1. The van der Waals surface area contributed by atoms with Gasteiger partial charge in [0.15, 0.2) is 10.2 Å². The Labute approximate surface area is 153 Å². The highest BCUT2D eigenvalue weighted by atomic mass is 32.1. The molecule has 0 atom stereocenters. The minimum absolute atomic E-state index is 0.0509. The van der Waals surface area contributed by atoms with Crippen LogP contribution < -0.4 is 11.1 Å². The van der Waals surface area contributed by atoms with Gasteiger partial charge in [0.25, 0.3) is 0 Å². The van der Waals surface area contributed by atoms with Gasteiger partial charge in [0, 0.05) is 31.4 Å². The summed E-state index contributed by atoms with van der Waals surface area (Å²) < 4.78 is 0. The van der Waals surface area contributed by atoms with Crippen molar-refractivity contribution in [2.75, 3.05) is 5.73 Å². The van der Waals surface area contributed by atoms with E-state index >= 15 is 0 Å². The first-order chi connectivity index (χ1) is 11.2. The van der Waals surface area contributed by atoms with Gasteiger partial charge in [-0.2, -0.15) is 0 Å². The lowest BCUT2D eigenvalue weighted by atomic mass is 10.3. The topological polar surface area (TPSA) is 106 Å². The number of carbonyl (C=O) groups excluding carboxylic acids is 4. The number of anilines is 1. The van der Waals surface area contributed by atoms with Crippen LogP contribution >= 0.6 is 25.3 Å². The van der Waals surface area contributed by atoms with Gasteiger partial charge < -0.3 is 5.73 Å². The van der Waals surface area contributed by atoms with Gasteiger partial charge in [0.05, 0.1) is 0 Å². The zero-order valence-electron chi connectivity index (χ0n) is 13.8. The van der Waals surface area contributed by atoms with Crippen molar-refractivity contribution in [1.29, 1.82) is 0 Å². The maximum absolute atomic E-state index is 10.1. The van der Waals surface area contributed by atoms with Crippen molar-refractivity contribution in [2.24, 2.45) is 0 Å². The van der Waals surface area contributed by atoms with E-state index in [1.165, 1.54) is 0 Å². The average Bonchev–Trinajstić information content (AvgIpc) is 2.93. The fourth-order valence-corrected chi connectivity index (χ4v) is 0.961. The number of benzene rings is 1. The summed E-state index contributed by atoms with van der Waals surface area (Å²) in [5.41, 5.74) is 6.18. The highest BCUT2D eigenvalue weighted by Gasteiger charge is 2.15. The smallest absolute Gasteiger partial charge is 0.227 e. The van der Waals surface area contributed by atoms with Crippen molar-refractivity contribution in [2.45, 2.75) is 39.5 Å². The Morgan fingerprint density at radius 2 is 1.29 bits per heavy atom. The van der Waals surface area contributed by atoms with Crippen LogP contribution in [0, 0.1) is 0 Å². The fourth-order valence-electron chi connectivity index (χ4n) is 0.961. The first-order valence-electron chi connectivity index (χ1n) is 7.29. The first kappa shape index (κ1) is 24.5. The van der Waals surface area contributed by atoms with Crippen molar-refractivity contribution in [3.63, 3.8) is 0 Å². The zero-order chi connectivity index (χ0) is 19.0. The summed E-state index contributed by atoms with van der Waals surface area (Å²) in [4.78, 5) is 39.6. The van der Waals surface area contributed by atoms with Crippen LogP contribution in [-0.2, 0) is 19.2 Å². The van der Waals surface area contributed by atoms with Gasteiger partial charge in [-0.1, -0.05) is 32.0 Å². The predicted molar refractivity (Wildman–Crippen MR) is 102 cm³/mol. The minimum atomic E-state index is -0.148. The molecule has 0 aromatic heterocycles. The number of nitrogens with one attached hydrogen (secondary N) is 1. The van der Waals surface area contributed by atoms with Crippen molar-refractivity contribution in [1.82, 2.24) is 5.32 Å². The molecule has 1 aliphatic rings. The summed E-state index contributed by atoms with van der Waals surface area (Å²) in [6, 6.07) is 9.49. The Bertz CT molecular complexity index is 494. The molecule has 2 rings (SSSR count). The molecule has 0 saturated carbocycles. The summed E-state index contributed by atoms with van der Waals surface area (Å²) in [5, 5.41) is 2.04. The Morgan fingerprint density at radius 3 is 1.42 bits per heavy atom. The third kappa shape index (κ3) is 20.2. The summed E-state index contributed by atoms with van der Waals surface area (Å²) in [6.45, 7) is 3.55. The molecule has 1 aromatic rings. The van der Waals surface area contributed by atoms with E-state index in [4.69, 9.17) is 5.73 Å². The van der Waals surface area contributed by atoms with Crippen LogP contribution in [0.4, 0.5) is 5.69 Å². The van der Waals surface area contributed by atoms with Gasteiger partial charge >= 0.3 is 0 Å². The van der Waals surface area contributed by atoms with E-state index in [-0.39, 0.29) is 22.0 Å². The average molecular weight is 373 g/mol. The number of amides is 2. The van der Waals surface area contributed by atoms with Gasteiger partial charge in [0.1, 0.15) is 0 Å². The molecule has 1 fully saturated rings. The molecule has 1 heterocycles. The SMILES string of the molecule is CCC(=O)S.CCC(=O)S.Nc1ccccc1.O=C1CCC(=O)N1. The lowest BCUT2D eigenvalue weighted by Gasteiger charge is -1.83. The van der Waals surface area contributed by atoms with E-state index in [9.17, 15) is 19.2 Å². The molecular formula is C16H24N2O4S2. The number of carbonyl (C=O) groups is 4. The maximum atomic E-state index is 10.1. The molecule has 0 bridgehead atoms. The zero-order valence-corrected chi connectivity index (χ0v) is 15.6. The number of thiol groups is 2. The van der Waals surface area contributed by atoms with Crippen LogP contribution in [-0.4, -0.2) is 22.0 Å². The Hall–Kier alpha value is -1.80. The monoisotopic (exact) mass is 372 g/mol. The van der Waals surface area contributed by atoms with E-state index in [0.29, 0.717) is 25.7 Å². The lowest BCUT2D eigenvalue weighted by Crippen LogP contribution is -2.18. The standard InChI is InChI=1S/C6H7N.C4H5NO2.2C3H6OS/c7-6-4-2-1-3-5-6;6-3-1-2-4(7)5-3;2*1-2-3(4)5/h1-5H,7H2;1-2H2,(H,5,6,7);2*2H2,1H3,(H,4,5). The normalized spacial score (nSPS) is 11.5. The van der Waals surface area contributed by atoms with Gasteiger partial charge in [-0.25, -0.2) is 0 Å². The van der Waals surface area contributed by atoms with Crippen LogP contribution in [0.2, 0.25) is 0 Å². The van der Waals surface area contributed by atoms with Gasteiger partial charge in [0.2, 0.25) is 11.8 Å². The number of imide groups is 1. The Kier molecular flexibility index (Phi) is 16.4. The number of hydrogen-bond acceptors (Lipinski definition) is 5. The van der Waals surface area contributed by atoms with Gasteiger partial charge in [-0.05, 0) is 12.1 Å². The molecule has 0 spiro atoms. The maximum Gasteiger partial charge on any atom is 0.227 e. The van der Waals surface area contributed by atoms with E-state index in [1.807, 2.05) is 30.3 Å². The van der Waals surface area contributed by atoms with Crippen LogP contribution in [0.15, 0.2) is 30.3 Å². The second kappa shape index (κ2) is 16.1. The second-order valence-electron chi connectivity index (χ2n) is 4.38. The molecule has 1 aromatic carbocycles. The molecule has 6 nitrogen and oxygen atoms in total. The number of para-hydroxylation sites is 1. The Morgan fingerprint density at radius 1 is 0.958 bits per heavy atom. The summed E-state index contributed by atoms with van der Waals surface area (Å²) in [6.07, 6.45) is 1.81.